The quantitative estimate of drug-likeness (QED) is 0.669. The van der Waals surface area contributed by atoms with E-state index in [-0.39, 0.29) is 12.1 Å². The van der Waals surface area contributed by atoms with Gasteiger partial charge in [-0.2, -0.15) is 0 Å². The van der Waals surface area contributed by atoms with E-state index in [2.05, 4.69) is 19.8 Å². The second-order valence-electron chi connectivity index (χ2n) is 6.40. The molecule has 102 valence electrons. The van der Waals surface area contributed by atoms with Crippen LogP contribution in [-0.2, 0) is 4.74 Å². The molecule has 0 bridgehead atoms. The molecule has 0 N–H and O–H groups in total. The second kappa shape index (κ2) is 5.65. The van der Waals surface area contributed by atoms with E-state index >= 15 is 0 Å². The van der Waals surface area contributed by atoms with Crippen LogP contribution in [0.4, 0.5) is 4.79 Å². The lowest BCUT2D eigenvalue weighted by Gasteiger charge is -2.39. The summed E-state index contributed by atoms with van der Waals surface area (Å²) in [7, 11) is 0. The predicted octanol–water partition coefficient (Wildman–Crippen LogP) is 3.29. The Bertz CT molecular complexity index is 335. The predicted molar refractivity (Wildman–Crippen MR) is 73.1 cm³/mol. The first-order valence-electron chi connectivity index (χ1n) is 6.70. The third kappa shape index (κ3) is 3.94. The SMILES string of the molecule is C#CC1CCC(C(C)C)CN1C(=O)OC(C)(C)C. The molecule has 0 aromatic heterocycles. The van der Waals surface area contributed by atoms with Crippen LogP contribution in [0.5, 0.6) is 0 Å². The summed E-state index contributed by atoms with van der Waals surface area (Å²) in [5.41, 5.74) is -0.471. The number of hydrogen-bond donors (Lipinski definition) is 0. The van der Waals surface area contributed by atoms with Gasteiger partial charge in [-0.15, -0.1) is 6.42 Å². The lowest BCUT2D eigenvalue weighted by molar-refractivity contribution is 0.00683. The Morgan fingerprint density at radius 1 is 1.39 bits per heavy atom. The molecular weight excluding hydrogens is 226 g/mol. The zero-order chi connectivity index (χ0) is 13.9. The number of hydrogen-bond acceptors (Lipinski definition) is 2. The van der Waals surface area contributed by atoms with Crippen LogP contribution < -0.4 is 0 Å². The van der Waals surface area contributed by atoms with Crippen LogP contribution in [0.3, 0.4) is 0 Å². The molecule has 0 spiro atoms. The summed E-state index contributed by atoms with van der Waals surface area (Å²) in [6.45, 7) is 10.7. The molecule has 0 aliphatic carbocycles. The summed E-state index contributed by atoms with van der Waals surface area (Å²) in [5, 5.41) is 0. The van der Waals surface area contributed by atoms with Crippen molar-refractivity contribution in [2.24, 2.45) is 11.8 Å². The topological polar surface area (TPSA) is 29.5 Å². The van der Waals surface area contributed by atoms with Gasteiger partial charge in [0.25, 0.3) is 0 Å². The van der Waals surface area contributed by atoms with Crippen LogP contribution in [-0.4, -0.2) is 29.2 Å². The molecule has 1 aliphatic rings. The van der Waals surface area contributed by atoms with Gasteiger partial charge in [0.15, 0.2) is 0 Å². The summed E-state index contributed by atoms with van der Waals surface area (Å²) in [4.78, 5) is 13.9. The van der Waals surface area contributed by atoms with Crippen molar-refractivity contribution in [3.05, 3.63) is 0 Å². The van der Waals surface area contributed by atoms with Gasteiger partial charge in [-0.25, -0.2) is 4.79 Å². The maximum absolute atomic E-state index is 12.2. The monoisotopic (exact) mass is 251 g/mol. The molecule has 0 aromatic rings. The number of rotatable bonds is 1. The Labute approximate surface area is 111 Å². The van der Waals surface area contributed by atoms with Crippen molar-refractivity contribution in [3.63, 3.8) is 0 Å². The van der Waals surface area contributed by atoms with E-state index in [1.54, 1.807) is 4.90 Å². The van der Waals surface area contributed by atoms with Crippen molar-refractivity contribution in [2.45, 2.75) is 59.1 Å². The van der Waals surface area contributed by atoms with Crippen LogP contribution in [0, 0.1) is 24.2 Å². The van der Waals surface area contributed by atoms with Gasteiger partial charge in [0.2, 0.25) is 0 Å². The fraction of sp³-hybridized carbons (Fsp3) is 0.800. The summed E-state index contributed by atoms with van der Waals surface area (Å²) in [6.07, 6.45) is 7.20. The average Bonchev–Trinajstić information content (AvgIpc) is 2.25. The molecule has 1 fully saturated rings. The maximum atomic E-state index is 12.2. The Hall–Kier alpha value is -1.17. The number of nitrogens with zero attached hydrogens (tertiary/aromatic N) is 1. The number of likely N-dealkylation sites (tertiary alicyclic amines) is 1. The number of carbonyl (C=O) groups excluding carboxylic acids is 1. The maximum Gasteiger partial charge on any atom is 0.411 e. The first kappa shape index (κ1) is 14.9. The van der Waals surface area contributed by atoms with E-state index in [1.807, 2.05) is 20.8 Å². The molecule has 1 rings (SSSR count). The van der Waals surface area contributed by atoms with Crippen molar-refractivity contribution in [1.82, 2.24) is 4.90 Å². The van der Waals surface area contributed by atoms with E-state index in [1.165, 1.54) is 0 Å². The van der Waals surface area contributed by atoms with E-state index in [0.717, 1.165) is 12.8 Å². The van der Waals surface area contributed by atoms with Crippen LogP contribution in [0.25, 0.3) is 0 Å². The zero-order valence-electron chi connectivity index (χ0n) is 12.2. The Morgan fingerprint density at radius 2 is 2.00 bits per heavy atom. The number of carbonyl (C=O) groups is 1. The minimum atomic E-state index is -0.471. The summed E-state index contributed by atoms with van der Waals surface area (Å²) >= 11 is 0. The first-order valence-corrected chi connectivity index (χ1v) is 6.70. The molecule has 2 unspecified atom stereocenters. The fourth-order valence-corrected chi connectivity index (χ4v) is 2.24. The normalized spacial score (nSPS) is 24.8. The van der Waals surface area contributed by atoms with Gasteiger partial charge in [0.1, 0.15) is 5.60 Å². The van der Waals surface area contributed by atoms with E-state index in [4.69, 9.17) is 11.2 Å². The van der Waals surface area contributed by atoms with E-state index in [0.29, 0.717) is 18.4 Å². The zero-order valence-corrected chi connectivity index (χ0v) is 12.2. The lowest BCUT2D eigenvalue weighted by Crippen LogP contribution is -2.49. The Kier molecular flexibility index (Phi) is 4.67. The molecular formula is C15H25NO2. The molecule has 2 atom stereocenters. The molecule has 0 aromatic carbocycles. The van der Waals surface area contributed by atoms with Gasteiger partial charge >= 0.3 is 6.09 Å². The van der Waals surface area contributed by atoms with Crippen LogP contribution in [0.15, 0.2) is 0 Å². The van der Waals surface area contributed by atoms with Gasteiger partial charge < -0.3 is 4.74 Å². The molecule has 3 nitrogen and oxygen atoms in total. The fourth-order valence-electron chi connectivity index (χ4n) is 2.24. The van der Waals surface area contributed by atoms with Crippen LogP contribution >= 0.6 is 0 Å². The van der Waals surface area contributed by atoms with E-state index < -0.39 is 5.60 Å². The molecule has 1 amide bonds. The van der Waals surface area contributed by atoms with Crippen molar-refractivity contribution in [3.8, 4) is 12.3 Å². The second-order valence-corrected chi connectivity index (χ2v) is 6.40. The lowest BCUT2D eigenvalue weighted by atomic mass is 9.85. The van der Waals surface area contributed by atoms with Gasteiger partial charge in [-0.05, 0) is 45.4 Å². The highest BCUT2D eigenvalue weighted by molar-refractivity contribution is 5.69. The number of terminal acetylenes is 1. The van der Waals surface area contributed by atoms with E-state index in [9.17, 15) is 4.79 Å². The van der Waals surface area contributed by atoms with Gasteiger partial charge in [-0.3, -0.25) is 4.90 Å². The minimum absolute atomic E-state index is 0.116. The number of amides is 1. The van der Waals surface area contributed by atoms with Gasteiger partial charge in [-0.1, -0.05) is 19.8 Å². The molecule has 1 aliphatic heterocycles. The highest BCUT2D eigenvalue weighted by Gasteiger charge is 2.34. The third-order valence-electron chi connectivity index (χ3n) is 3.38. The number of piperidine rings is 1. The average molecular weight is 251 g/mol. The molecule has 3 heteroatoms. The van der Waals surface area contributed by atoms with Crippen molar-refractivity contribution >= 4 is 6.09 Å². The highest BCUT2D eigenvalue weighted by Crippen LogP contribution is 2.28. The molecule has 0 radical (unpaired) electrons. The third-order valence-corrected chi connectivity index (χ3v) is 3.38. The van der Waals surface area contributed by atoms with Crippen LogP contribution in [0.1, 0.15) is 47.5 Å². The Balaban J connectivity index is 2.75. The van der Waals surface area contributed by atoms with Gasteiger partial charge in [0.05, 0.1) is 6.04 Å². The molecule has 1 saturated heterocycles. The van der Waals surface area contributed by atoms with Gasteiger partial charge in [0, 0.05) is 6.54 Å². The summed E-state index contributed by atoms with van der Waals surface area (Å²) in [5.74, 6) is 3.78. The van der Waals surface area contributed by atoms with Crippen molar-refractivity contribution in [2.75, 3.05) is 6.54 Å². The van der Waals surface area contributed by atoms with Crippen molar-refractivity contribution < 1.29 is 9.53 Å². The molecule has 0 saturated carbocycles. The summed E-state index contributed by atoms with van der Waals surface area (Å²) in [6, 6.07) is -0.116. The smallest absolute Gasteiger partial charge is 0.411 e. The molecule has 18 heavy (non-hydrogen) atoms. The number of ether oxygens (including phenoxy) is 1. The Morgan fingerprint density at radius 3 is 2.44 bits per heavy atom. The minimum Gasteiger partial charge on any atom is -0.444 e. The van der Waals surface area contributed by atoms with Crippen LogP contribution in [0.2, 0.25) is 0 Å². The standard InChI is InChI=1S/C15H25NO2/c1-7-13-9-8-12(11(2)3)10-16(13)14(17)18-15(4,5)6/h1,11-13H,8-10H2,2-6H3. The molecule has 1 heterocycles. The first-order chi connectivity index (χ1) is 8.24. The van der Waals surface area contributed by atoms with Crippen molar-refractivity contribution in [1.29, 1.82) is 0 Å². The summed E-state index contributed by atoms with van der Waals surface area (Å²) < 4.78 is 5.43. The highest BCUT2D eigenvalue weighted by atomic mass is 16.6. The largest absolute Gasteiger partial charge is 0.444 e.